The maximum Gasteiger partial charge on any atom is 0.246 e. The zero-order chi connectivity index (χ0) is 13.9. The molecule has 0 bridgehead atoms. The summed E-state index contributed by atoms with van der Waals surface area (Å²) in [5.74, 6) is 0. The van der Waals surface area contributed by atoms with E-state index in [1.54, 1.807) is 25.6 Å². The fraction of sp³-hybridized carbons (Fsp3) is 0.727. The topological polar surface area (TPSA) is 67.2 Å². The van der Waals surface area contributed by atoms with Crippen LogP contribution in [0, 0.1) is 13.8 Å². The van der Waals surface area contributed by atoms with E-state index in [1.807, 2.05) is 14.0 Å². The maximum atomic E-state index is 12.3. The normalized spacial score (nSPS) is 12.3. The fourth-order valence-corrected chi connectivity index (χ4v) is 3.36. The van der Waals surface area contributed by atoms with Gasteiger partial charge in [-0.3, -0.25) is 4.68 Å². The number of aryl methyl sites for hydroxylation is 1. The number of likely N-dealkylation sites (N-methyl/N-ethyl adjacent to an activating group) is 1. The molecule has 0 atom stereocenters. The third-order valence-electron chi connectivity index (χ3n) is 3.00. The van der Waals surface area contributed by atoms with Gasteiger partial charge in [-0.2, -0.15) is 5.10 Å². The van der Waals surface area contributed by atoms with Gasteiger partial charge in [0.15, 0.2) is 0 Å². The van der Waals surface area contributed by atoms with Crippen molar-refractivity contribution in [2.75, 3.05) is 27.2 Å². The molecule has 6 nitrogen and oxygen atoms in total. The number of aromatic nitrogens is 2. The average molecular weight is 274 g/mol. The van der Waals surface area contributed by atoms with Gasteiger partial charge in [-0.25, -0.2) is 12.7 Å². The number of hydrogen-bond acceptors (Lipinski definition) is 4. The molecule has 104 valence electrons. The predicted molar refractivity (Wildman–Crippen MR) is 71.1 cm³/mol. The molecular weight excluding hydrogens is 252 g/mol. The van der Waals surface area contributed by atoms with Crippen LogP contribution in [0.2, 0.25) is 0 Å². The van der Waals surface area contributed by atoms with Crippen molar-refractivity contribution in [3.05, 3.63) is 11.4 Å². The van der Waals surface area contributed by atoms with Crippen LogP contribution in [-0.2, 0) is 16.6 Å². The first-order valence-corrected chi connectivity index (χ1v) is 7.45. The quantitative estimate of drug-likeness (QED) is 0.813. The second kappa shape index (κ2) is 5.81. The van der Waals surface area contributed by atoms with E-state index in [0.29, 0.717) is 29.4 Å². The van der Waals surface area contributed by atoms with E-state index in [0.717, 1.165) is 6.54 Å². The highest BCUT2D eigenvalue weighted by molar-refractivity contribution is 7.89. The first-order valence-electron chi connectivity index (χ1n) is 6.01. The lowest BCUT2D eigenvalue weighted by Gasteiger charge is -2.15. The lowest BCUT2D eigenvalue weighted by Crippen LogP contribution is -2.27. The largest absolute Gasteiger partial charge is 0.318 e. The van der Waals surface area contributed by atoms with Crippen LogP contribution >= 0.6 is 0 Å². The predicted octanol–water partition coefficient (Wildman–Crippen LogP) is 0.360. The molecule has 0 amide bonds. The van der Waals surface area contributed by atoms with Gasteiger partial charge >= 0.3 is 0 Å². The number of nitrogens with one attached hydrogen (secondary N) is 1. The fourth-order valence-electron chi connectivity index (χ4n) is 1.82. The number of sulfonamides is 1. The average Bonchev–Trinajstić information content (AvgIpc) is 2.60. The molecule has 1 aromatic heterocycles. The van der Waals surface area contributed by atoms with Crippen molar-refractivity contribution in [1.29, 1.82) is 0 Å². The molecule has 0 aromatic carbocycles. The molecule has 0 aliphatic carbocycles. The molecule has 0 saturated heterocycles. The van der Waals surface area contributed by atoms with Gasteiger partial charge in [-0.15, -0.1) is 0 Å². The second-order valence-electron chi connectivity index (χ2n) is 4.25. The Morgan fingerprint density at radius 1 is 1.39 bits per heavy atom. The molecule has 0 aliphatic rings. The minimum absolute atomic E-state index is 0.336. The monoisotopic (exact) mass is 274 g/mol. The van der Waals surface area contributed by atoms with Gasteiger partial charge in [0.1, 0.15) is 4.90 Å². The smallest absolute Gasteiger partial charge is 0.246 e. The zero-order valence-corrected chi connectivity index (χ0v) is 12.5. The third-order valence-corrected chi connectivity index (χ3v) is 5.19. The van der Waals surface area contributed by atoms with E-state index < -0.39 is 10.0 Å². The van der Waals surface area contributed by atoms with Crippen molar-refractivity contribution in [3.8, 4) is 0 Å². The SMILES string of the molecule is CCN(C)S(=O)(=O)c1c(C)nn(CCNC)c1C. The summed E-state index contributed by atoms with van der Waals surface area (Å²) in [6, 6.07) is 0. The Morgan fingerprint density at radius 3 is 2.50 bits per heavy atom. The summed E-state index contributed by atoms with van der Waals surface area (Å²) in [5, 5.41) is 7.33. The molecule has 0 unspecified atom stereocenters. The van der Waals surface area contributed by atoms with Crippen molar-refractivity contribution in [3.63, 3.8) is 0 Å². The summed E-state index contributed by atoms with van der Waals surface area (Å²) in [7, 11) is 0.0129. The third kappa shape index (κ3) is 2.73. The Bertz CT molecular complexity index is 507. The molecule has 7 heteroatoms. The minimum Gasteiger partial charge on any atom is -0.318 e. The molecule has 0 fully saturated rings. The van der Waals surface area contributed by atoms with Gasteiger partial charge in [0.25, 0.3) is 0 Å². The Kier molecular flexibility index (Phi) is 4.89. The first kappa shape index (κ1) is 15.1. The van der Waals surface area contributed by atoms with E-state index in [4.69, 9.17) is 0 Å². The summed E-state index contributed by atoms with van der Waals surface area (Å²) >= 11 is 0. The van der Waals surface area contributed by atoms with Crippen molar-refractivity contribution in [1.82, 2.24) is 19.4 Å². The molecule has 0 aliphatic heterocycles. The van der Waals surface area contributed by atoms with Gasteiger partial charge in [0.2, 0.25) is 10.0 Å². The van der Waals surface area contributed by atoms with E-state index in [-0.39, 0.29) is 0 Å². The van der Waals surface area contributed by atoms with E-state index >= 15 is 0 Å². The van der Waals surface area contributed by atoms with Crippen molar-refractivity contribution in [2.45, 2.75) is 32.2 Å². The van der Waals surface area contributed by atoms with Crippen LogP contribution in [0.15, 0.2) is 4.90 Å². The van der Waals surface area contributed by atoms with Gasteiger partial charge in [-0.05, 0) is 20.9 Å². The maximum absolute atomic E-state index is 12.3. The Labute approximate surface area is 109 Å². The van der Waals surface area contributed by atoms with Gasteiger partial charge in [-0.1, -0.05) is 6.92 Å². The highest BCUT2D eigenvalue weighted by Gasteiger charge is 2.27. The van der Waals surface area contributed by atoms with Crippen molar-refractivity contribution in [2.24, 2.45) is 0 Å². The van der Waals surface area contributed by atoms with Crippen LogP contribution < -0.4 is 5.32 Å². The Hall–Kier alpha value is -0.920. The molecule has 18 heavy (non-hydrogen) atoms. The minimum atomic E-state index is -3.43. The summed E-state index contributed by atoms with van der Waals surface area (Å²) in [6.07, 6.45) is 0. The summed E-state index contributed by atoms with van der Waals surface area (Å²) in [5.41, 5.74) is 1.26. The lowest BCUT2D eigenvalue weighted by molar-refractivity contribution is 0.484. The van der Waals surface area contributed by atoms with Crippen LogP contribution in [0.1, 0.15) is 18.3 Å². The van der Waals surface area contributed by atoms with Gasteiger partial charge in [0, 0.05) is 20.1 Å². The van der Waals surface area contributed by atoms with Crippen LogP contribution in [0.3, 0.4) is 0 Å². The molecule has 0 radical (unpaired) electrons. The first-order chi connectivity index (χ1) is 8.36. The van der Waals surface area contributed by atoms with Crippen LogP contribution in [0.25, 0.3) is 0 Å². The highest BCUT2D eigenvalue weighted by atomic mass is 32.2. The van der Waals surface area contributed by atoms with Crippen LogP contribution in [-0.4, -0.2) is 49.7 Å². The molecule has 1 N–H and O–H groups in total. The zero-order valence-electron chi connectivity index (χ0n) is 11.7. The molecule has 0 saturated carbocycles. The number of rotatable bonds is 6. The molecular formula is C11H22N4O2S. The van der Waals surface area contributed by atoms with Crippen molar-refractivity contribution < 1.29 is 8.42 Å². The van der Waals surface area contributed by atoms with Crippen molar-refractivity contribution >= 4 is 10.0 Å². The molecule has 1 aromatic rings. The Balaban J connectivity index is 3.22. The summed E-state index contributed by atoms with van der Waals surface area (Å²) in [6.45, 7) is 7.21. The molecule has 1 heterocycles. The number of nitrogens with zero attached hydrogens (tertiary/aromatic N) is 3. The standard InChI is InChI=1S/C11H22N4O2S/c1-6-14(5)18(16,17)11-9(2)13-15(10(11)3)8-7-12-4/h12H,6-8H2,1-5H3. The summed E-state index contributed by atoms with van der Waals surface area (Å²) in [4.78, 5) is 0.336. The Morgan fingerprint density at radius 2 is 2.00 bits per heavy atom. The van der Waals surface area contributed by atoms with E-state index in [1.165, 1.54) is 4.31 Å². The van der Waals surface area contributed by atoms with Crippen LogP contribution in [0.5, 0.6) is 0 Å². The second-order valence-corrected chi connectivity index (χ2v) is 6.23. The van der Waals surface area contributed by atoms with Gasteiger partial charge in [0.05, 0.1) is 17.9 Å². The van der Waals surface area contributed by atoms with Crippen LogP contribution in [0.4, 0.5) is 0 Å². The number of hydrogen-bond donors (Lipinski definition) is 1. The molecule has 0 spiro atoms. The molecule has 1 rings (SSSR count). The van der Waals surface area contributed by atoms with E-state index in [2.05, 4.69) is 10.4 Å². The van der Waals surface area contributed by atoms with E-state index in [9.17, 15) is 8.42 Å². The summed E-state index contributed by atoms with van der Waals surface area (Å²) < 4.78 is 27.8. The highest BCUT2D eigenvalue weighted by Crippen LogP contribution is 2.22. The van der Waals surface area contributed by atoms with Gasteiger partial charge < -0.3 is 5.32 Å². The lowest BCUT2D eigenvalue weighted by atomic mass is 10.4.